The van der Waals surface area contributed by atoms with E-state index in [4.69, 9.17) is 9.47 Å². The van der Waals surface area contributed by atoms with Gasteiger partial charge in [-0.25, -0.2) is 0 Å². The normalized spacial score (nSPS) is 12.5. The molecule has 0 rings (SSSR count). The van der Waals surface area contributed by atoms with Crippen LogP contribution in [0.3, 0.4) is 0 Å². The lowest BCUT2D eigenvalue weighted by atomic mass is 10.1. The van der Waals surface area contributed by atoms with Gasteiger partial charge in [-0.05, 0) is 64.2 Å². The first kappa shape index (κ1) is 45.9. The largest absolute Gasteiger partial charge is 0.457 e. The second-order valence-corrected chi connectivity index (χ2v) is 14.1. The maximum absolute atomic E-state index is 12.2. The second kappa shape index (κ2) is 41.0. The molecule has 278 valence electrons. The number of hydrogen-bond donors (Lipinski definition) is 1. The van der Waals surface area contributed by atoms with Crippen molar-refractivity contribution in [1.82, 2.24) is 0 Å². The summed E-state index contributed by atoms with van der Waals surface area (Å²) in [6, 6.07) is 0. The van der Waals surface area contributed by atoms with Crippen molar-refractivity contribution in [2.75, 3.05) is 19.8 Å². The number of allylic oxidation sites excluding steroid dienone is 4. The Bertz CT molecular complexity index is 658. The third-order valence-corrected chi connectivity index (χ3v) is 9.25. The third kappa shape index (κ3) is 39.2. The molecule has 0 fully saturated rings. The Morgan fingerprint density at radius 3 is 1.21 bits per heavy atom. The second-order valence-electron chi connectivity index (χ2n) is 14.1. The first-order valence-electron chi connectivity index (χ1n) is 20.9. The Hall–Kier alpha value is -1.13. The van der Waals surface area contributed by atoms with E-state index in [9.17, 15) is 9.90 Å². The minimum absolute atomic E-state index is 0.172. The topological polar surface area (TPSA) is 55.8 Å². The van der Waals surface area contributed by atoms with Gasteiger partial charge in [0.05, 0.1) is 13.2 Å². The van der Waals surface area contributed by atoms with Crippen LogP contribution in [-0.4, -0.2) is 37.0 Å². The number of hydrogen-bond acceptors (Lipinski definition) is 4. The molecule has 0 aromatic carbocycles. The first-order chi connectivity index (χ1) is 23.2. The molecule has 47 heavy (non-hydrogen) atoms. The summed E-state index contributed by atoms with van der Waals surface area (Å²) >= 11 is 0. The zero-order valence-corrected chi connectivity index (χ0v) is 31.8. The highest BCUT2D eigenvalue weighted by atomic mass is 16.6. The van der Waals surface area contributed by atoms with Crippen LogP contribution in [0.4, 0.5) is 0 Å². The molecule has 0 saturated carbocycles. The fraction of sp³-hybridized carbons (Fsp3) is 0.884. The molecule has 1 atom stereocenters. The highest BCUT2D eigenvalue weighted by molar-refractivity contribution is 5.69. The van der Waals surface area contributed by atoms with Crippen molar-refractivity contribution < 1.29 is 19.4 Å². The lowest BCUT2D eigenvalue weighted by Gasteiger charge is -2.15. The highest BCUT2D eigenvalue weighted by Gasteiger charge is 2.13. The fourth-order valence-electron chi connectivity index (χ4n) is 6.08. The summed E-state index contributed by atoms with van der Waals surface area (Å²) in [5.41, 5.74) is 0. The summed E-state index contributed by atoms with van der Waals surface area (Å²) in [4.78, 5) is 12.2. The molecule has 0 aromatic heterocycles. The maximum Gasteiger partial charge on any atom is 0.306 e. The first-order valence-corrected chi connectivity index (χ1v) is 20.9. The van der Waals surface area contributed by atoms with E-state index >= 15 is 0 Å². The van der Waals surface area contributed by atoms with Crippen molar-refractivity contribution in [2.24, 2.45) is 0 Å². The van der Waals surface area contributed by atoms with Gasteiger partial charge in [0.25, 0.3) is 0 Å². The van der Waals surface area contributed by atoms with E-state index in [-0.39, 0.29) is 12.6 Å². The zero-order valence-electron chi connectivity index (χ0n) is 31.8. The van der Waals surface area contributed by atoms with Gasteiger partial charge >= 0.3 is 5.97 Å². The van der Waals surface area contributed by atoms with Gasteiger partial charge in [-0.1, -0.05) is 173 Å². The molecule has 0 heterocycles. The summed E-state index contributed by atoms with van der Waals surface area (Å²) in [6.07, 6.45) is 49.4. The van der Waals surface area contributed by atoms with E-state index < -0.39 is 6.10 Å². The molecule has 4 heteroatoms. The van der Waals surface area contributed by atoms with E-state index in [2.05, 4.69) is 38.2 Å². The Balaban J connectivity index is 3.42. The van der Waals surface area contributed by atoms with Crippen molar-refractivity contribution in [3.8, 4) is 0 Å². The standard InChI is InChI=1S/C43H82O4/c1-3-5-7-9-11-13-15-17-19-21-22-23-24-26-28-30-32-34-36-38-43(45)47-42(40-44)41-46-39-37-35-33-31-29-27-25-20-18-16-14-12-10-8-6-4-2/h17-20,42,44H,3-16,21-41H2,1-2H3/b19-17-,20-18-. The molecule has 0 aliphatic rings. The van der Waals surface area contributed by atoms with Crippen LogP contribution in [-0.2, 0) is 14.3 Å². The zero-order chi connectivity index (χ0) is 34.1. The van der Waals surface area contributed by atoms with Crippen molar-refractivity contribution in [3.63, 3.8) is 0 Å². The number of aliphatic hydroxyl groups excluding tert-OH is 1. The summed E-state index contributed by atoms with van der Waals surface area (Å²) in [6.45, 7) is 5.35. The molecule has 0 spiro atoms. The quantitative estimate of drug-likeness (QED) is 0.0404. The molecule has 0 aliphatic carbocycles. The van der Waals surface area contributed by atoms with Crippen LogP contribution in [0.5, 0.6) is 0 Å². The lowest BCUT2D eigenvalue weighted by molar-refractivity contribution is -0.154. The Labute approximate surface area is 294 Å². The van der Waals surface area contributed by atoms with Gasteiger partial charge in [0.2, 0.25) is 0 Å². The minimum atomic E-state index is -0.535. The Kier molecular flexibility index (Phi) is 40.1. The number of carbonyl (C=O) groups excluding carboxylic acids is 1. The molecule has 0 bridgehead atoms. The summed E-state index contributed by atoms with van der Waals surface area (Å²) in [5, 5.41) is 9.59. The molecule has 4 nitrogen and oxygen atoms in total. The minimum Gasteiger partial charge on any atom is -0.457 e. The summed E-state index contributed by atoms with van der Waals surface area (Å²) in [7, 11) is 0. The average molecular weight is 663 g/mol. The monoisotopic (exact) mass is 663 g/mol. The molecule has 0 aliphatic heterocycles. The molecule has 0 saturated heterocycles. The number of ether oxygens (including phenoxy) is 2. The number of rotatable bonds is 39. The van der Waals surface area contributed by atoms with Gasteiger partial charge in [-0.2, -0.15) is 0 Å². The SMILES string of the molecule is CCCCCCCC/C=C\CCCCCCCCCCCC(=O)OC(CO)COCCCCCCCC/C=C\CCCCCCCC. The molecule has 1 N–H and O–H groups in total. The average Bonchev–Trinajstić information content (AvgIpc) is 3.08. The van der Waals surface area contributed by atoms with Crippen molar-refractivity contribution >= 4 is 5.97 Å². The molecular formula is C43H82O4. The number of unbranched alkanes of at least 4 members (excludes halogenated alkanes) is 27. The van der Waals surface area contributed by atoms with Crippen LogP contribution in [0, 0.1) is 0 Å². The fourth-order valence-corrected chi connectivity index (χ4v) is 6.08. The van der Waals surface area contributed by atoms with E-state index in [0.29, 0.717) is 19.6 Å². The van der Waals surface area contributed by atoms with Gasteiger partial charge in [0.15, 0.2) is 0 Å². The van der Waals surface area contributed by atoms with Gasteiger partial charge in [-0.3, -0.25) is 4.79 Å². The van der Waals surface area contributed by atoms with Gasteiger partial charge in [0, 0.05) is 13.0 Å². The molecular weight excluding hydrogens is 580 g/mol. The van der Waals surface area contributed by atoms with Gasteiger partial charge in [-0.15, -0.1) is 0 Å². The molecule has 0 aromatic rings. The van der Waals surface area contributed by atoms with Gasteiger partial charge < -0.3 is 14.6 Å². The van der Waals surface area contributed by atoms with E-state index in [1.165, 1.54) is 180 Å². The third-order valence-electron chi connectivity index (χ3n) is 9.25. The predicted molar refractivity (Wildman–Crippen MR) is 205 cm³/mol. The van der Waals surface area contributed by atoms with Crippen molar-refractivity contribution in [3.05, 3.63) is 24.3 Å². The van der Waals surface area contributed by atoms with E-state index in [1.807, 2.05) is 0 Å². The maximum atomic E-state index is 12.2. The van der Waals surface area contributed by atoms with Crippen LogP contribution in [0.1, 0.15) is 219 Å². The van der Waals surface area contributed by atoms with Crippen LogP contribution in [0.15, 0.2) is 24.3 Å². The van der Waals surface area contributed by atoms with E-state index in [0.717, 1.165) is 19.3 Å². The highest BCUT2D eigenvalue weighted by Crippen LogP contribution is 2.14. The van der Waals surface area contributed by atoms with Crippen LogP contribution < -0.4 is 0 Å². The lowest BCUT2D eigenvalue weighted by Crippen LogP contribution is -2.27. The van der Waals surface area contributed by atoms with Crippen LogP contribution in [0.25, 0.3) is 0 Å². The molecule has 1 unspecified atom stereocenters. The Morgan fingerprint density at radius 1 is 0.489 bits per heavy atom. The number of esters is 1. The smallest absolute Gasteiger partial charge is 0.306 e. The van der Waals surface area contributed by atoms with Crippen molar-refractivity contribution in [1.29, 1.82) is 0 Å². The van der Waals surface area contributed by atoms with E-state index in [1.54, 1.807) is 0 Å². The predicted octanol–water partition coefficient (Wildman–Crippen LogP) is 13.5. The molecule has 0 amide bonds. The van der Waals surface area contributed by atoms with Crippen LogP contribution in [0.2, 0.25) is 0 Å². The number of carbonyl (C=O) groups is 1. The number of aliphatic hydroxyl groups is 1. The Morgan fingerprint density at radius 2 is 0.830 bits per heavy atom. The summed E-state index contributed by atoms with van der Waals surface area (Å²) in [5.74, 6) is -0.203. The molecule has 0 radical (unpaired) electrons. The van der Waals surface area contributed by atoms with Crippen LogP contribution >= 0.6 is 0 Å². The van der Waals surface area contributed by atoms with Crippen molar-refractivity contribution in [2.45, 2.75) is 225 Å². The van der Waals surface area contributed by atoms with Gasteiger partial charge in [0.1, 0.15) is 6.10 Å². The summed E-state index contributed by atoms with van der Waals surface area (Å²) < 4.78 is 11.1.